The highest BCUT2D eigenvalue weighted by Gasteiger charge is 2.30. The van der Waals surface area contributed by atoms with Crippen molar-refractivity contribution in [2.45, 2.75) is 13.8 Å². The van der Waals surface area contributed by atoms with Gasteiger partial charge in [0.1, 0.15) is 12.3 Å². The third-order valence-corrected chi connectivity index (χ3v) is 3.46. The predicted molar refractivity (Wildman–Crippen MR) is 83.1 cm³/mol. The molecule has 0 aliphatic carbocycles. The molecule has 1 aromatic carbocycles. The van der Waals surface area contributed by atoms with Gasteiger partial charge >= 0.3 is 6.09 Å². The molecule has 1 aliphatic heterocycles. The number of halogens is 1. The molecular weight excluding hydrogens is 303 g/mol. The molecule has 0 N–H and O–H groups in total. The first-order chi connectivity index (χ1) is 10.9. The Balaban J connectivity index is 2.01. The molecule has 23 heavy (non-hydrogen) atoms. The fraction of sp³-hybridized carbons (Fsp3) is 0.500. The van der Waals surface area contributed by atoms with Crippen molar-refractivity contribution in [2.75, 3.05) is 38.3 Å². The number of hydrogen-bond acceptors (Lipinski definition) is 4. The zero-order chi connectivity index (χ0) is 17.0. The van der Waals surface area contributed by atoms with Gasteiger partial charge in [0.25, 0.3) is 0 Å². The minimum atomic E-state index is -0.534. The number of hydrogen-bond donors (Lipinski definition) is 0. The lowest BCUT2D eigenvalue weighted by Crippen LogP contribution is -2.52. The number of ether oxygens (including phenoxy) is 2. The highest BCUT2D eigenvalue weighted by Crippen LogP contribution is 2.25. The molecule has 0 bridgehead atoms. The smallest absolute Gasteiger partial charge is 0.410 e. The summed E-state index contributed by atoms with van der Waals surface area (Å²) >= 11 is 0. The lowest BCUT2D eigenvalue weighted by atomic mass is 10.2. The van der Waals surface area contributed by atoms with Gasteiger partial charge < -0.3 is 14.4 Å². The first-order valence-electron chi connectivity index (χ1n) is 7.48. The van der Waals surface area contributed by atoms with Crippen LogP contribution in [-0.4, -0.2) is 50.3 Å². The van der Waals surface area contributed by atoms with Gasteiger partial charge in [0.05, 0.1) is 19.4 Å². The molecule has 1 fully saturated rings. The summed E-state index contributed by atoms with van der Waals surface area (Å²) in [6.07, 6.45) is -0.512. The molecule has 7 heteroatoms. The molecule has 0 unspecified atom stereocenters. The van der Waals surface area contributed by atoms with Gasteiger partial charge in [-0.2, -0.15) is 0 Å². The van der Waals surface area contributed by atoms with Crippen LogP contribution in [0.4, 0.5) is 14.9 Å². The zero-order valence-electron chi connectivity index (χ0n) is 13.5. The second-order valence-corrected chi connectivity index (χ2v) is 5.76. The Bertz CT molecular complexity index is 591. The largest absolute Gasteiger partial charge is 0.497 e. The molecule has 0 spiro atoms. The molecule has 6 nitrogen and oxygen atoms in total. The molecule has 0 saturated carbocycles. The minimum Gasteiger partial charge on any atom is -0.497 e. The Hall–Kier alpha value is -2.31. The van der Waals surface area contributed by atoms with E-state index >= 15 is 0 Å². The number of carbonyl (C=O) groups is 2. The van der Waals surface area contributed by atoms with Crippen molar-refractivity contribution in [1.29, 1.82) is 0 Å². The Morgan fingerprint density at radius 1 is 1.35 bits per heavy atom. The van der Waals surface area contributed by atoms with Gasteiger partial charge in [-0.15, -0.1) is 0 Å². The second-order valence-electron chi connectivity index (χ2n) is 5.76. The minimum absolute atomic E-state index is 0.123. The standard InChI is InChI=1S/C16H21FN2O4/c1-11(2)10-23-16(21)18-6-7-19(15(20)9-18)14-5-4-12(22-3)8-13(14)17/h4-5,8,11H,6-7,9-10H2,1-3H3. The zero-order valence-corrected chi connectivity index (χ0v) is 13.5. The number of amides is 2. The maximum atomic E-state index is 14.1. The van der Waals surface area contributed by atoms with Crippen molar-refractivity contribution in [2.24, 2.45) is 5.92 Å². The van der Waals surface area contributed by atoms with Gasteiger partial charge in [-0.25, -0.2) is 9.18 Å². The fourth-order valence-electron chi connectivity index (χ4n) is 2.25. The Morgan fingerprint density at radius 3 is 2.65 bits per heavy atom. The van der Waals surface area contributed by atoms with Crippen LogP contribution in [0.15, 0.2) is 18.2 Å². The van der Waals surface area contributed by atoms with Crippen molar-refractivity contribution in [1.82, 2.24) is 4.90 Å². The van der Waals surface area contributed by atoms with E-state index in [2.05, 4.69) is 0 Å². The quantitative estimate of drug-likeness (QED) is 0.852. The summed E-state index contributed by atoms with van der Waals surface area (Å²) in [5.74, 6) is -0.269. The maximum absolute atomic E-state index is 14.1. The summed E-state index contributed by atoms with van der Waals surface area (Å²) in [6.45, 7) is 4.57. The van der Waals surface area contributed by atoms with Gasteiger partial charge in [0, 0.05) is 19.2 Å². The topological polar surface area (TPSA) is 59.1 Å². The van der Waals surface area contributed by atoms with Crippen LogP contribution in [0.2, 0.25) is 0 Å². The number of benzene rings is 1. The predicted octanol–water partition coefficient (Wildman–Crippen LogP) is 2.28. The van der Waals surface area contributed by atoms with Crippen LogP contribution in [-0.2, 0) is 9.53 Å². The Kier molecular flexibility index (Phi) is 5.41. The molecule has 126 valence electrons. The average molecular weight is 324 g/mol. The highest BCUT2D eigenvalue weighted by molar-refractivity contribution is 5.97. The second kappa shape index (κ2) is 7.30. The Labute approximate surface area is 134 Å². The van der Waals surface area contributed by atoms with E-state index in [1.54, 1.807) is 6.07 Å². The van der Waals surface area contributed by atoms with Crippen molar-refractivity contribution in [3.8, 4) is 5.75 Å². The summed E-state index contributed by atoms with van der Waals surface area (Å²) in [5.41, 5.74) is 0.186. The first kappa shape index (κ1) is 17.1. The van der Waals surface area contributed by atoms with Crippen LogP contribution >= 0.6 is 0 Å². The molecule has 1 heterocycles. The molecule has 0 radical (unpaired) electrons. The van der Waals surface area contributed by atoms with Gasteiger partial charge in [0.15, 0.2) is 5.82 Å². The van der Waals surface area contributed by atoms with Crippen molar-refractivity contribution in [3.63, 3.8) is 0 Å². The maximum Gasteiger partial charge on any atom is 0.410 e. The van der Waals surface area contributed by atoms with E-state index in [0.29, 0.717) is 18.9 Å². The monoisotopic (exact) mass is 324 g/mol. The first-order valence-corrected chi connectivity index (χ1v) is 7.48. The molecule has 0 atom stereocenters. The normalized spacial score (nSPS) is 15.1. The summed E-state index contributed by atoms with van der Waals surface area (Å²) in [4.78, 5) is 26.8. The van der Waals surface area contributed by atoms with Crippen LogP contribution in [0.3, 0.4) is 0 Å². The van der Waals surface area contributed by atoms with Gasteiger partial charge in [-0.1, -0.05) is 13.8 Å². The summed E-state index contributed by atoms with van der Waals surface area (Å²) in [5, 5.41) is 0. The molecule has 1 aliphatic rings. The van der Waals surface area contributed by atoms with E-state index < -0.39 is 11.9 Å². The van der Waals surface area contributed by atoms with Gasteiger partial charge in [-0.05, 0) is 18.1 Å². The highest BCUT2D eigenvalue weighted by atomic mass is 19.1. The van der Waals surface area contributed by atoms with E-state index in [1.165, 1.54) is 29.0 Å². The van der Waals surface area contributed by atoms with E-state index in [0.717, 1.165) is 0 Å². The summed E-state index contributed by atoms with van der Waals surface area (Å²) < 4.78 is 24.1. The van der Waals surface area contributed by atoms with E-state index in [1.807, 2.05) is 13.8 Å². The van der Waals surface area contributed by atoms with Crippen molar-refractivity contribution in [3.05, 3.63) is 24.0 Å². The molecule has 1 aromatic rings. The number of piperazine rings is 1. The number of anilines is 1. The number of methoxy groups -OCH3 is 1. The third-order valence-electron chi connectivity index (χ3n) is 3.46. The summed E-state index contributed by atoms with van der Waals surface area (Å²) in [6, 6.07) is 4.32. The third kappa shape index (κ3) is 4.12. The lowest BCUT2D eigenvalue weighted by Gasteiger charge is -2.34. The molecule has 0 aromatic heterocycles. The Morgan fingerprint density at radius 2 is 2.09 bits per heavy atom. The van der Waals surface area contributed by atoms with E-state index in [-0.39, 0.29) is 30.6 Å². The molecule has 2 rings (SSSR count). The fourth-order valence-corrected chi connectivity index (χ4v) is 2.25. The molecule has 1 saturated heterocycles. The van der Waals surface area contributed by atoms with Crippen LogP contribution in [0, 0.1) is 11.7 Å². The SMILES string of the molecule is COc1ccc(N2CCN(C(=O)OCC(C)C)CC2=O)c(F)c1. The van der Waals surface area contributed by atoms with E-state index in [9.17, 15) is 14.0 Å². The molecule has 2 amide bonds. The van der Waals surface area contributed by atoms with Gasteiger partial charge in [-0.3, -0.25) is 9.69 Å². The van der Waals surface area contributed by atoms with Crippen LogP contribution in [0.1, 0.15) is 13.8 Å². The summed E-state index contributed by atoms with van der Waals surface area (Å²) in [7, 11) is 1.45. The number of nitrogens with zero attached hydrogens (tertiary/aromatic N) is 2. The average Bonchev–Trinajstić information content (AvgIpc) is 2.52. The lowest BCUT2D eigenvalue weighted by molar-refractivity contribution is -0.121. The van der Waals surface area contributed by atoms with Crippen LogP contribution in [0.5, 0.6) is 5.75 Å². The van der Waals surface area contributed by atoms with Crippen molar-refractivity contribution < 1.29 is 23.5 Å². The van der Waals surface area contributed by atoms with E-state index in [4.69, 9.17) is 9.47 Å². The number of carbonyl (C=O) groups excluding carboxylic acids is 2. The van der Waals surface area contributed by atoms with Crippen LogP contribution in [0.25, 0.3) is 0 Å². The van der Waals surface area contributed by atoms with Gasteiger partial charge in [0.2, 0.25) is 5.91 Å². The van der Waals surface area contributed by atoms with Crippen molar-refractivity contribution >= 4 is 17.7 Å². The van der Waals surface area contributed by atoms with Crippen LogP contribution < -0.4 is 9.64 Å². The molecular formula is C16H21FN2O4. The number of rotatable bonds is 4.